The summed E-state index contributed by atoms with van der Waals surface area (Å²) < 4.78 is 40.2. The van der Waals surface area contributed by atoms with E-state index in [-0.39, 0.29) is 11.5 Å². The topological polar surface area (TPSA) is 58.6 Å². The highest BCUT2D eigenvalue weighted by molar-refractivity contribution is 6.05. The number of amides is 2. The molecule has 0 aliphatic carbocycles. The van der Waals surface area contributed by atoms with E-state index in [1.807, 2.05) is 0 Å². The van der Waals surface area contributed by atoms with Crippen molar-refractivity contribution in [1.29, 1.82) is 0 Å². The lowest BCUT2D eigenvalue weighted by molar-refractivity contribution is -0.274. The van der Waals surface area contributed by atoms with Crippen LogP contribution in [0.1, 0.15) is 23.2 Å². The summed E-state index contributed by atoms with van der Waals surface area (Å²) in [6.07, 6.45) is -3.48. The minimum Gasteiger partial charge on any atom is -0.406 e. The molecule has 8 heteroatoms. The molecular weight excluding hydrogens is 349 g/mol. The zero-order chi connectivity index (χ0) is 18.7. The highest BCUT2D eigenvalue weighted by Crippen LogP contribution is 2.25. The standard InChI is InChI=1S/C18H15F3N2O3/c19-18(20,21)26-15-8-6-12(7-9-15)17(25)22-13-3-1-4-14(11-13)23-10-2-5-16(23)24/h1,3-4,6-9,11H,2,5,10H2,(H,22,25). The summed E-state index contributed by atoms with van der Waals surface area (Å²) in [5, 5.41) is 2.66. The average molecular weight is 364 g/mol. The van der Waals surface area contributed by atoms with Crippen LogP contribution in [0.15, 0.2) is 48.5 Å². The third kappa shape index (κ3) is 4.33. The molecule has 26 heavy (non-hydrogen) atoms. The third-order valence-corrected chi connectivity index (χ3v) is 3.84. The second-order valence-electron chi connectivity index (χ2n) is 5.73. The molecule has 0 atom stereocenters. The Bertz CT molecular complexity index is 819. The first-order valence-electron chi connectivity index (χ1n) is 7.89. The molecule has 1 fully saturated rings. The fraction of sp³-hybridized carbons (Fsp3) is 0.222. The molecule has 2 aromatic carbocycles. The van der Waals surface area contributed by atoms with E-state index in [1.54, 1.807) is 29.2 Å². The molecule has 1 N–H and O–H groups in total. The van der Waals surface area contributed by atoms with Crippen LogP contribution < -0.4 is 15.0 Å². The molecule has 1 aliphatic heterocycles. The van der Waals surface area contributed by atoms with Crippen LogP contribution in [-0.4, -0.2) is 24.7 Å². The quantitative estimate of drug-likeness (QED) is 0.893. The number of rotatable bonds is 4. The van der Waals surface area contributed by atoms with Crippen LogP contribution in [0.2, 0.25) is 0 Å². The van der Waals surface area contributed by atoms with Crippen molar-refractivity contribution in [2.45, 2.75) is 19.2 Å². The first-order valence-corrected chi connectivity index (χ1v) is 7.89. The van der Waals surface area contributed by atoms with Crippen LogP contribution in [0.3, 0.4) is 0 Å². The van der Waals surface area contributed by atoms with Gasteiger partial charge < -0.3 is 15.0 Å². The Balaban J connectivity index is 1.69. The number of benzene rings is 2. The fourth-order valence-corrected chi connectivity index (χ4v) is 2.68. The molecule has 1 aliphatic rings. The minimum atomic E-state index is -4.78. The smallest absolute Gasteiger partial charge is 0.406 e. The van der Waals surface area contributed by atoms with Crippen molar-refractivity contribution in [3.63, 3.8) is 0 Å². The van der Waals surface area contributed by atoms with Crippen LogP contribution >= 0.6 is 0 Å². The highest BCUT2D eigenvalue weighted by Gasteiger charge is 2.31. The molecule has 0 aromatic heterocycles. The maximum Gasteiger partial charge on any atom is 0.573 e. The molecule has 0 unspecified atom stereocenters. The molecular formula is C18H15F3N2O3. The Hall–Kier alpha value is -3.03. The Labute approximate surface area is 147 Å². The van der Waals surface area contributed by atoms with E-state index in [1.165, 1.54) is 12.1 Å². The zero-order valence-electron chi connectivity index (χ0n) is 13.5. The molecule has 5 nitrogen and oxygen atoms in total. The number of alkyl halides is 3. The largest absolute Gasteiger partial charge is 0.573 e. The van der Waals surface area contributed by atoms with Crippen molar-refractivity contribution < 1.29 is 27.5 Å². The number of hydrogen-bond donors (Lipinski definition) is 1. The summed E-state index contributed by atoms with van der Waals surface area (Å²) in [5.41, 5.74) is 1.37. The van der Waals surface area contributed by atoms with Gasteiger partial charge in [-0.05, 0) is 48.9 Å². The van der Waals surface area contributed by atoms with Gasteiger partial charge in [-0.2, -0.15) is 0 Å². The summed E-state index contributed by atoms with van der Waals surface area (Å²) in [6, 6.07) is 11.5. The van der Waals surface area contributed by atoms with Crippen LogP contribution in [-0.2, 0) is 4.79 Å². The van der Waals surface area contributed by atoms with Crippen molar-refractivity contribution in [3.05, 3.63) is 54.1 Å². The molecule has 3 rings (SSSR count). The summed E-state index contributed by atoms with van der Waals surface area (Å²) in [6.45, 7) is 0.636. The van der Waals surface area contributed by atoms with Crippen molar-refractivity contribution in [1.82, 2.24) is 0 Å². The van der Waals surface area contributed by atoms with E-state index in [2.05, 4.69) is 10.1 Å². The molecule has 2 aromatic rings. The van der Waals surface area contributed by atoms with Gasteiger partial charge in [0.15, 0.2) is 0 Å². The van der Waals surface area contributed by atoms with Crippen LogP contribution in [0.4, 0.5) is 24.5 Å². The van der Waals surface area contributed by atoms with Crippen LogP contribution in [0.5, 0.6) is 5.75 Å². The highest BCUT2D eigenvalue weighted by atomic mass is 19.4. The predicted molar refractivity (Wildman–Crippen MR) is 89.1 cm³/mol. The number of hydrogen-bond acceptors (Lipinski definition) is 3. The lowest BCUT2D eigenvalue weighted by Crippen LogP contribution is -2.23. The maximum absolute atomic E-state index is 12.3. The monoisotopic (exact) mass is 364 g/mol. The zero-order valence-corrected chi connectivity index (χ0v) is 13.5. The van der Waals surface area contributed by atoms with E-state index in [0.717, 1.165) is 18.6 Å². The minimum absolute atomic E-state index is 0.0359. The van der Waals surface area contributed by atoms with Crippen molar-refractivity contribution in [2.75, 3.05) is 16.8 Å². The van der Waals surface area contributed by atoms with Gasteiger partial charge in [0.05, 0.1) is 0 Å². The lowest BCUT2D eigenvalue weighted by atomic mass is 10.2. The number of ether oxygens (including phenoxy) is 1. The van der Waals surface area contributed by atoms with Crippen molar-refractivity contribution in [2.24, 2.45) is 0 Å². The number of anilines is 2. The number of nitrogens with zero attached hydrogens (tertiary/aromatic N) is 1. The van der Waals surface area contributed by atoms with Gasteiger partial charge in [0.2, 0.25) is 5.91 Å². The molecule has 1 heterocycles. The van der Waals surface area contributed by atoms with Gasteiger partial charge in [-0.25, -0.2) is 0 Å². The first kappa shape index (κ1) is 17.8. The van der Waals surface area contributed by atoms with Gasteiger partial charge in [0.25, 0.3) is 5.91 Å². The van der Waals surface area contributed by atoms with Gasteiger partial charge in [-0.1, -0.05) is 6.07 Å². The van der Waals surface area contributed by atoms with E-state index in [4.69, 9.17) is 0 Å². The van der Waals surface area contributed by atoms with Gasteiger partial charge in [-0.3, -0.25) is 9.59 Å². The fourth-order valence-electron chi connectivity index (χ4n) is 2.68. The Morgan fingerprint density at radius 2 is 1.85 bits per heavy atom. The SMILES string of the molecule is O=C(Nc1cccc(N2CCCC2=O)c1)c1ccc(OC(F)(F)F)cc1. The van der Waals surface area contributed by atoms with Gasteiger partial charge in [0.1, 0.15) is 5.75 Å². The number of nitrogens with one attached hydrogen (secondary N) is 1. The third-order valence-electron chi connectivity index (χ3n) is 3.84. The van der Waals surface area contributed by atoms with Crippen LogP contribution in [0.25, 0.3) is 0 Å². The summed E-state index contributed by atoms with van der Waals surface area (Å²) in [4.78, 5) is 25.7. The molecule has 0 saturated carbocycles. The molecule has 0 radical (unpaired) electrons. The maximum atomic E-state index is 12.3. The summed E-state index contributed by atoms with van der Waals surface area (Å²) >= 11 is 0. The van der Waals surface area contributed by atoms with Crippen LogP contribution in [0, 0.1) is 0 Å². The molecule has 0 spiro atoms. The second-order valence-corrected chi connectivity index (χ2v) is 5.73. The van der Waals surface area contributed by atoms with Crippen molar-refractivity contribution >= 4 is 23.2 Å². The molecule has 0 bridgehead atoms. The van der Waals surface area contributed by atoms with E-state index in [0.29, 0.717) is 24.3 Å². The van der Waals surface area contributed by atoms with E-state index < -0.39 is 18.0 Å². The molecule has 136 valence electrons. The Morgan fingerprint density at radius 3 is 2.46 bits per heavy atom. The average Bonchev–Trinajstić information content (AvgIpc) is 3.00. The van der Waals surface area contributed by atoms with E-state index in [9.17, 15) is 22.8 Å². The second kappa shape index (κ2) is 7.07. The lowest BCUT2D eigenvalue weighted by Gasteiger charge is -2.16. The summed E-state index contributed by atoms with van der Waals surface area (Å²) in [7, 11) is 0. The van der Waals surface area contributed by atoms with Crippen molar-refractivity contribution in [3.8, 4) is 5.75 Å². The summed E-state index contributed by atoms with van der Waals surface area (Å²) in [5.74, 6) is -0.842. The van der Waals surface area contributed by atoms with E-state index >= 15 is 0 Å². The molecule has 1 saturated heterocycles. The normalized spacial score (nSPS) is 14.4. The molecule has 2 amide bonds. The Kier molecular flexibility index (Phi) is 4.83. The Morgan fingerprint density at radius 1 is 1.12 bits per heavy atom. The van der Waals surface area contributed by atoms with Gasteiger partial charge >= 0.3 is 6.36 Å². The van der Waals surface area contributed by atoms with Gasteiger partial charge in [-0.15, -0.1) is 13.2 Å². The van der Waals surface area contributed by atoms with Gasteiger partial charge in [0, 0.05) is 29.9 Å². The first-order chi connectivity index (χ1) is 12.3. The predicted octanol–water partition coefficient (Wildman–Crippen LogP) is 3.96. The number of carbonyl (C=O) groups is 2. The number of halogens is 3. The number of carbonyl (C=O) groups excluding carboxylic acids is 2.